The molecule has 19 heavy (non-hydrogen) atoms. The molecule has 108 valence electrons. The smallest absolute Gasteiger partial charge is 0.0669 e. The van der Waals surface area contributed by atoms with Crippen molar-refractivity contribution in [3.8, 4) is 6.07 Å². The van der Waals surface area contributed by atoms with E-state index in [-0.39, 0.29) is 5.92 Å². The van der Waals surface area contributed by atoms with Crippen LogP contribution in [0.5, 0.6) is 0 Å². The Morgan fingerprint density at radius 1 is 1.21 bits per heavy atom. The summed E-state index contributed by atoms with van der Waals surface area (Å²) in [4.78, 5) is 7.45. The fourth-order valence-corrected chi connectivity index (χ4v) is 3.37. The third-order valence-corrected chi connectivity index (χ3v) is 4.48. The van der Waals surface area contributed by atoms with Crippen LogP contribution in [-0.4, -0.2) is 74.1 Å². The fraction of sp³-hybridized carbons (Fsp3) is 0.933. The Morgan fingerprint density at radius 3 is 2.74 bits per heavy atom. The van der Waals surface area contributed by atoms with E-state index in [0.717, 1.165) is 19.5 Å². The molecular formula is C15H28N4. The molecule has 2 aliphatic rings. The highest BCUT2D eigenvalue weighted by Gasteiger charge is 2.30. The molecule has 2 rings (SSSR count). The minimum Gasteiger partial charge on any atom is -0.309 e. The van der Waals surface area contributed by atoms with Crippen molar-refractivity contribution in [2.45, 2.75) is 31.7 Å². The Kier molecular flexibility index (Phi) is 5.62. The normalized spacial score (nSPS) is 29.8. The Balaban J connectivity index is 1.73. The maximum Gasteiger partial charge on any atom is 0.0669 e. The molecule has 0 aliphatic carbocycles. The molecule has 2 heterocycles. The second kappa shape index (κ2) is 7.23. The van der Waals surface area contributed by atoms with Crippen LogP contribution in [0.1, 0.15) is 25.7 Å². The van der Waals surface area contributed by atoms with Crippen molar-refractivity contribution in [3.63, 3.8) is 0 Å². The van der Waals surface area contributed by atoms with Gasteiger partial charge in [-0.25, -0.2) is 0 Å². The standard InChI is InChI=1S/C15H28N4/c1-17(2)7-4-9-18-8-3-5-15(13-18)19-10-6-14(11-16)12-19/h14-15H,3-10,12-13H2,1-2H3. The molecule has 0 spiro atoms. The molecule has 0 radical (unpaired) electrons. The minimum atomic E-state index is 0.282. The minimum absolute atomic E-state index is 0.282. The number of nitriles is 1. The van der Waals surface area contributed by atoms with Crippen LogP contribution in [0.25, 0.3) is 0 Å². The first kappa shape index (κ1) is 14.8. The first-order chi connectivity index (χ1) is 9.19. The largest absolute Gasteiger partial charge is 0.309 e. The van der Waals surface area contributed by atoms with E-state index in [1.807, 2.05) is 0 Å². The topological polar surface area (TPSA) is 33.5 Å². The lowest BCUT2D eigenvalue weighted by Gasteiger charge is -2.37. The van der Waals surface area contributed by atoms with Crippen LogP contribution >= 0.6 is 0 Å². The molecule has 0 aromatic rings. The van der Waals surface area contributed by atoms with Crippen molar-refractivity contribution in [2.75, 3.05) is 53.4 Å². The average molecular weight is 264 g/mol. The SMILES string of the molecule is CN(C)CCCN1CCCC(N2CCC(C#N)C2)C1. The number of hydrogen-bond acceptors (Lipinski definition) is 4. The molecule has 0 N–H and O–H groups in total. The molecule has 2 saturated heterocycles. The highest BCUT2D eigenvalue weighted by molar-refractivity contribution is 4.94. The van der Waals surface area contributed by atoms with Gasteiger partial charge in [0.05, 0.1) is 12.0 Å². The van der Waals surface area contributed by atoms with Gasteiger partial charge in [-0.2, -0.15) is 5.26 Å². The summed E-state index contributed by atoms with van der Waals surface area (Å²) in [6, 6.07) is 3.13. The quantitative estimate of drug-likeness (QED) is 0.748. The van der Waals surface area contributed by atoms with Gasteiger partial charge in [0, 0.05) is 19.1 Å². The summed E-state index contributed by atoms with van der Waals surface area (Å²) in [5.41, 5.74) is 0. The van der Waals surface area contributed by atoms with Gasteiger partial charge in [-0.05, 0) is 66.0 Å². The summed E-state index contributed by atoms with van der Waals surface area (Å²) in [7, 11) is 4.29. The first-order valence-corrected chi connectivity index (χ1v) is 7.70. The molecule has 4 heteroatoms. The van der Waals surface area contributed by atoms with Crippen molar-refractivity contribution in [2.24, 2.45) is 5.92 Å². The van der Waals surface area contributed by atoms with Gasteiger partial charge in [-0.3, -0.25) is 4.90 Å². The number of likely N-dealkylation sites (tertiary alicyclic amines) is 2. The van der Waals surface area contributed by atoms with Crippen LogP contribution in [0.3, 0.4) is 0 Å². The zero-order valence-electron chi connectivity index (χ0n) is 12.5. The van der Waals surface area contributed by atoms with Gasteiger partial charge in [-0.1, -0.05) is 0 Å². The van der Waals surface area contributed by atoms with Gasteiger partial charge in [0.15, 0.2) is 0 Å². The number of hydrogen-bond donors (Lipinski definition) is 0. The van der Waals surface area contributed by atoms with Crippen molar-refractivity contribution >= 4 is 0 Å². The fourth-order valence-electron chi connectivity index (χ4n) is 3.37. The van der Waals surface area contributed by atoms with Crippen LogP contribution in [0.4, 0.5) is 0 Å². The molecular weight excluding hydrogens is 236 g/mol. The van der Waals surface area contributed by atoms with Gasteiger partial charge >= 0.3 is 0 Å². The van der Waals surface area contributed by atoms with Crippen molar-refractivity contribution in [1.29, 1.82) is 5.26 Å². The molecule has 0 aromatic carbocycles. The third-order valence-electron chi connectivity index (χ3n) is 4.48. The van der Waals surface area contributed by atoms with E-state index in [1.54, 1.807) is 0 Å². The molecule has 2 unspecified atom stereocenters. The highest BCUT2D eigenvalue weighted by atomic mass is 15.2. The molecule has 0 bridgehead atoms. The van der Waals surface area contributed by atoms with E-state index >= 15 is 0 Å². The van der Waals surface area contributed by atoms with Crippen molar-refractivity contribution in [3.05, 3.63) is 0 Å². The maximum absolute atomic E-state index is 9.01. The summed E-state index contributed by atoms with van der Waals surface area (Å²) in [5, 5.41) is 9.01. The summed E-state index contributed by atoms with van der Waals surface area (Å²) in [6.45, 7) is 7.03. The number of piperidine rings is 1. The molecule has 4 nitrogen and oxygen atoms in total. The predicted octanol–water partition coefficient (Wildman–Crippen LogP) is 1.25. The second-order valence-electron chi connectivity index (χ2n) is 6.36. The van der Waals surface area contributed by atoms with Crippen molar-refractivity contribution < 1.29 is 0 Å². The van der Waals surface area contributed by atoms with Gasteiger partial charge in [0.2, 0.25) is 0 Å². The van der Waals surface area contributed by atoms with Crippen LogP contribution in [-0.2, 0) is 0 Å². The van der Waals surface area contributed by atoms with Gasteiger partial charge in [0.25, 0.3) is 0 Å². The van der Waals surface area contributed by atoms with Crippen LogP contribution < -0.4 is 0 Å². The van der Waals surface area contributed by atoms with E-state index in [1.165, 1.54) is 45.4 Å². The number of rotatable bonds is 5. The maximum atomic E-state index is 9.01. The van der Waals surface area contributed by atoms with Crippen LogP contribution in [0.15, 0.2) is 0 Å². The summed E-state index contributed by atoms with van der Waals surface area (Å²) < 4.78 is 0. The second-order valence-corrected chi connectivity index (χ2v) is 6.36. The summed E-state index contributed by atoms with van der Waals surface area (Å²) >= 11 is 0. The lowest BCUT2D eigenvalue weighted by atomic mass is 10.0. The van der Waals surface area contributed by atoms with E-state index in [4.69, 9.17) is 5.26 Å². The predicted molar refractivity (Wildman–Crippen MR) is 77.9 cm³/mol. The van der Waals surface area contributed by atoms with E-state index in [9.17, 15) is 0 Å². The third kappa shape index (κ3) is 4.45. The van der Waals surface area contributed by atoms with E-state index in [0.29, 0.717) is 6.04 Å². The molecule has 0 saturated carbocycles. The van der Waals surface area contributed by atoms with E-state index in [2.05, 4.69) is 34.9 Å². The van der Waals surface area contributed by atoms with Gasteiger partial charge < -0.3 is 9.80 Å². The lowest BCUT2D eigenvalue weighted by Crippen LogP contribution is -2.47. The molecule has 0 aromatic heterocycles. The van der Waals surface area contributed by atoms with Crippen LogP contribution in [0, 0.1) is 17.2 Å². The molecule has 0 amide bonds. The molecule has 2 fully saturated rings. The Labute approximate surface area is 118 Å². The number of nitrogens with zero attached hydrogens (tertiary/aromatic N) is 4. The monoisotopic (exact) mass is 264 g/mol. The zero-order valence-corrected chi connectivity index (χ0v) is 12.5. The first-order valence-electron chi connectivity index (χ1n) is 7.70. The highest BCUT2D eigenvalue weighted by Crippen LogP contribution is 2.23. The zero-order chi connectivity index (χ0) is 13.7. The van der Waals surface area contributed by atoms with Gasteiger partial charge in [0.1, 0.15) is 0 Å². The summed E-state index contributed by atoms with van der Waals surface area (Å²) in [6.07, 6.45) is 4.98. The van der Waals surface area contributed by atoms with Gasteiger partial charge in [-0.15, -0.1) is 0 Å². The van der Waals surface area contributed by atoms with E-state index < -0.39 is 0 Å². The van der Waals surface area contributed by atoms with Crippen LogP contribution in [0.2, 0.25) is 0 Å². The Bertz CT molecular complexity index is 310. The Morgan fingerprint density at radius 2 is 2.05 bits per heavy atom. The summed E-state index contributed by atoms with van der Waals surface area (Å²) in [5.74, 6) is 0.282. The molecule has 2 atom stereocenters. The Hall–Kier alpha value is -0.630. The average Bonchev–Trinajstić information content (AvgIpc) is 2.87. The van der Waals surface area contributed by atoms with Crippen molar-refractivity contribution in [1.82, 2.24) is 14.7 Å². The molecule has 2 aliphatic heterocycles. The lowest BCUT2D eigenvalue weighted by molar-refractivity contribution is 0.111.